The van der Waals surface area contributed by atoms with Gasteiger partial charge in [-0.2, -0.15) is 5.10 Å². The summed E-state index contributed by atoms with van der Waals surface area (Å²) in [6.45, 7) is 5.84. The van der Waals surface area contributed by atoms with Crippen molar-refractivity contribution in [1.29, 1.82) is 0 Å². The molecular formula is C17H18N8S. The molecule has 0 atom stereocenters. The maximum Gasteiger partial charge on any atom is 0.271 e. The van der Waals surface area contributed by atoms with E-state index in [-0.39, 0.29) is 0 Å². The molecule has 0 saturated carbocycles. The molecule has 0 aliphatic carbocycles. The van der Waals surface area contributed by atoms with Crippen LogP contribution >= 0.6 is 11.8 Å². The number of benzene rings is 1. The van der Waals surface area contributed by atoms with Gasteiger partial charge in [-0.3, -0.25) is 0 Å². The van der Waals surface area contributed by atoms with Gasteiger partial charge in [-0.15, -0.1) is 10.2 Å². The van der Waals surface area contributed by atoms with E-state index in [1.807, 2.05) is 51.1 Å². The zero-order valence-electron chi connectivity index (χ0n) is 14.7. The highest BCUT2D eigenvalue weighted by Gasteiger charge is 2.16. The van der Waals surface area contributed by atoms with E-state index in [9.17, 15) is 0 Å². The van der Waals surface area contributed by atoms with Crippen molar-refractivity contribution in [3.8, 4) is 5.95 Å². The lowest BCUT2D eigenvalue weighted by molar-refractivity contribution is 0.727. The minimum atomic E-state index is 0.486. The van der Waals surface area contributed by atoms with Gasteiger partial charge in [0.05, 0.1) is 28.1 Å². The Hall–Kier alpha value is -2.94. The molecule has 1 aromatic carbocycles. The number of nitrogen functional groups attached to an aromatic ring is 1. The number of hydrogen-bond donors (Lipinski definition) is 1. The standard InChI is InChI=1S/C17H18N8S/c1-10-8-11(2)25(23-10)16-21-22-17(24(16)18)26-9-15-12(3)19-13-6-4-5-7-14(13)20-15/h4-8H,9,18H2,1-3H3. The maximum absolute atomic E-state index is 6.18. The highest BCUT2D eigenvalue weighted by molar-refractivity contribution is 7.98. The van der Waals surface area contributed by atoms with E-state index in [4.69, 9.17) is 10.8 Å². The molecule has 2 N–H and O–H groups in total. The topological polar surface area (TPSA) is 100 Å². The zero-order valence-corrected chi connectivity index (χ0v) is 15.5. The lowest BCUT2D eigenvalue weighted by Crippen LogP contribution is -2.17. The quantitative estimate of drug-likeness (QED) is 0.437. The number of aryl methyl sites for hydroxylation is 3. The average molecular weight is 366 g/mol. The second-order valence-corrected chi connectivity index (χ2v) is 6.97. The van der Waals surface area contributed by atoms with Crippen LogP contribution in [-0.2, 0) is 5.75 Å². The second-order valence-electron chi connectivity index (χ2n) is 6.02. The van der Waals surface area contributed by atoms with Crippen LogP contribution in [0.5, 0.6) is 0 Å². The van der Waals surface area contributed by atoms with E-state index in [1.54, 1.807) is 4.68 Å². The molecular weight excluding hydrogens is 348 g/mol. The van der Waals surface area contributed by atoms with Gasteiger partial charge in [0.15, 0.2) is 0 Å². The minimum absolute atomic E-state index is 0.486. The van der Waals surface area contributed by atoms with Crippen LogP contribution in [0.1, 0.15) is 22.8 Å². The molecule has 0 unspecified atom stereocenters. The van der Waals surface area contributed by atoms with Crippen LogP contribution in [-0.4, -0.2) is 34.6 Å². The van der Waals surface area contributed by atoms with Gasteiger partial charge in [0.1, 0.15) is 0 Å². The molecule has 0 aliphatic rings. The maximum atomic E-state index is 6.18. The summed E-state index contributed by atoms with van der Waals surface area (Å²) in [5.74, 6) is 7.27. The van der Waals surface area contributed by atoms with Gasteiger partial charge in [0.25, 0.3) is 5.95 Å². The lowest BCUT2D eigenvalue weighted by Gasteiger charge is -2.07. The van der Waals surface area contributed by atoms with Gasteiger partial charge in [-0.05, 0) is 39.0 Å². The van der Waals surface area contributed by atoms with Crippen LogP contribution in [0.4, 0.5) is 0 Å². The number of fused-ring (bicyclic) bond motifs is 1. The van der Waals surface area contributed by atoms with Gasteiger partial charge in [-0.1, -0.05) is 23.9 Å². The molecule has 0 aliphatic heterocycles. The molecule has 3 heterocycles. The number of aromatic nitrogens is 7. The number of nitrogens with two attached hydrogens (primary N) is 1. The summed E-state index contributed by atoms with van der Waals surface area (Å²) in [6.07, 6.45) is 0. The third-order valence-corrected chi connectivity index (χ3v) is 4.98. The minimum Gasteiger partial charge on any atom is -0.334 e. The molecule has 0 amide bonds. The van der Waals surface area contributed by atoms with Crippen molar-refractivity contribution in [2.24, 2.45) is 0 Å². The number of para-hydroxylation sites is 2. The van der Waals surface area contributed by atoms with E-state index in [1.165, 1.54) is 16.4 Å². The Kier molecular flexibility index (Phi) is 4.08. The lowest BCUT2D eigenvalue weighted by atomic mass is 10.2. The first-order chi connectivity index (χ1) is 12.5. The predicted octanol–water partition coefficient (Wildman–Crippen LogP) is 2.34. The monoisotopic (exact) mass is 366 g/mol. The Bertz CT molecular complexity index is 1100. The van der Waals surface area contributed by atoms with E-state index >= 15 is 0 Å². The highest BCUT2D eigenvalue weighted by atomic mass is 32.2. The Morgan fingerprint density at radius 1 is 1.04 bits per heavy atom. The van der Waals surface area contributed by atoms with Crippen molar-refractivity contribution in [3.05, 3.63) is 53.1 Å². The fraction of sp³-hybridized carbons (Fsp3) is 0.235. The largest absolute Gasteiger partial charge is 0.334 e. The summed E-state index contributed by atoms with van der Waals surface area (Å²) in [6, 6.07) is 9.81. The number of thioether (sulfide) groups is 1. The van der Waals surface area contributed by atoms with E-state index in [0.29, 0.717) is 16.9 Å². The normalized spacial score (nSPS) is 11.3. The molecule has 0 bridgehead atoms. The van der Waals surface area contributed by atoms with E-state index in [2.05, 4.69) is 20.3 Å². The zero-order chi connectivity index (χ0) is 18.3. The van der Waals surface area contributed by atoms with Gasteiger partial charge < -0.3 is 5.84 Å². The molecule has 0 saturated heterocycles. The second kappa shape index (κ2) is 6.41. The van der Waals surface area contributed by atoms with Gasteiger partial charge in [-0.25, -0.2) is 19.3 Å². The van der Waals surface area contributed by atoms with Gasteiger partial charge in [0.2, 0.25) is 5.16 Å². The molecule has 0 radical (unpaired) electrons. The molecule has 4 rings (SSSR count). The fourth-order valence-corrected chi connectivity index (χ4v) is 3.60. The first kappa shape index (κ1) is 16.5. The number of rotatable bonds is 4. The van der Waals surface area contributed by atoms with Crippen LogP contribution < -0.4 is 5.84 Å². The summed E-state index contributed by atoms with van der Waals surface area (Å²) in [4.78, 5) is 9.32. The van der Waals surface area contributed by atoms with E-state index in [0.717, 1.165) is 33.8 Å². The fourth-order valence-electron chi connectivity index (χ4n) is 2.74. The smallest absolute Gasteiger partial charge is 0.271 e. The summed E-state index contributed by atoms with van der Waals surface area (Å²) < 4.78 is 3.14. The predicted molar refractivity (Wildman–Crippen MR) is 101 cm³/mol. The molecule has 9 heteroatoms. The van der Waals surface area contributed by atoms with Crippen molar-refractivity contribution >= 4 is 22.8 Å². The summed E-state index contributed by atoms with van der Waals surface area (Å²) in [5, 5.41) is 13.4. The Morgan fingerprint density at radius 2 is 1.77 bits per heavy atom. The van der Waals surface area contributed by atoms with Crippen molar-refractivity contribution in [2.45, 2.75) is 31.7 Å². The van der Waals surface area contributed by atoms with Crippen LogP contribution in [0, 0.1) is 20.8 Å². The van der Waals surface area contributed by atoms with Crippen LogP contribution in [0.25, 0.3) is 17.0 Å². The van der Waals surface area contributed by atoms with Crippen LogP contribution in [0.3, 0.4) is 0 Å². The first-order valence-corrected chi connectivity index (χ1v) is 9.10. The highest BCUT2D eigenvalue weighted by Crippen LogP contribution is 2.23. The number of nitrogens with zero attached hydrogens (tertiary/aromatic N) is 7. The molecule has 8 nitrogen and oxygen atoms in total. The van der Waals surface area contributed by atoms with E-state index < -0.39 is 0 Å². The summed E-state index contributed by atoms with van der Waals surface area (Å²) in [5.41, 5.74) is 5.44. The Balaban J connectivity index is 1.59. The van der Waals surface area contributed by atoms with Crippen molar-refractivity contribution in [1.82, 2.24) is 34.6 Å². The van der Waals surface area contributed by atoms with Crippen LogP contribution in [0.2, 0.25) is 0 Å². The van der Waals surface area contributed by atoms with Crippen LogP contribution in [0.15, 0.2) is 35.5 Å². The molecule has 132 valence electrons. The number of hydrogen-bond acceptors (Lipinski definition) is 7. The SMILES string of the molecule is Cc1cc(C)n(-c2nnc(SCc3nc4ccccc4nc3C)n2N)n1. The average Bonchev–Trinajstić information content (AvgIpc) is 3.14. The third-order valence-electron chi connectivity index (χ3n) is 4.03. The molecule has 0 spiro atoms. The molecule has 4 aromatic rings. The summed E-state index contributed by atoms with van der Waals surface area (Å²) >= 11 is 1.47. The first-order valence-electron chi connectivity index (χ1n) is 8.12. The van der Waals surface area contributed by atoms with Crippen molar-refractivity contribution < 1.29 is 0 Å². The molecule has 26 heavy (non-hydrogen) atoms. The Labute approximate surface area is 154 Å². The van der Waals surface area contributed by atoms with Crippen molar-refractivity contribution in [2.75, 3.05) is 5.84 Å². The Morgan fingerprint density at radius 3 is 2.46 bits per heavy atom. The molecule has 0 fully saturated rings. The van der Waals surface area contributed by atoms with Gasteiger partial charge >= 0.3 is 0 Å². The molecule has 3 aromatic heterocycles. The summed E-state index contributed by atoms with van der Waals surface area (Å²) in [7, 11) is 0. The third kappa shape index (κ3) is 2.90. The van der Waals surface area contributed by atoms with Crippen molar-refractivity contribution in [3.63, 3.8) is 0 Å². The van der Waals surface area contributed by atoms with Gasteiger partial charge in [0, 0.05) is 11.4 Å².